The van der Waals surface area contributed by atoms with Crippen molar-refractivity contribution in [3.05, 3.63) is 0 Å². The fraction of sp³-hybridized carbons (Fsp3) is 0.878. The van der Waals surface area contributed by atoms with E-state index in [9.17, 15) is 32.4 Å². The molecule has 10 heteroatoms. The van der Waals surface area contributed by atoms with Crippen LogP contribution >= 0.6 is 0 Å². The van der Waals surface area contributed by atoms with Gasteiger partial charge in [-0.25, -0.2) is 12.7 Å². The van der Waals surface area contributed by atoms with Gasteiger partial charge in [-0.2, -0.15) is 0 Å². The van der Waals surface area contributed by atoms with Crippen molar-refractivity contribution in [2.24, 2.45) is 40.4 Å². The molecule has 0 unspecified atom stereocenters. The molecule has 51 heavy (non-hydrogen) atoms. The SMILES string of the molecule is CCN1CC[C@H](C2(CC(=O)C[C@H]3CCCCCCCCC[C@@H](C(=O)C(=O)CC4CC4)CC(=O)[C@@H]4[C@@H]5[C@H](CN4C3=O)C5(C)C)CCCCC2)S1(=O)=O. The maximum Gasteiger partial charge on any atom is 0.226 e. The second-order valence-electron chi connectivity index (χ2n) is 18.1. The largest absolute Gasteiger partial charge is 0.332 e. The van der Waals surface area contributed by atoms with Crippen molar-refractivity contribution in [1.82, 2.24) is 9.21 Å². The maximum atomic E-state index is 14.6. The first kappa shape index (κ1) is 38.8. The van der Waals surface area contributed by atoms with E-state index in [4.69, 9.17) is 0 Å². The zero-order valence-corrected chi connectivity index (χ0v) is 32.5. The van der Waals surface area contributed by atoms with Crippen LogP contribution in [0.5, 0.6) is 0 Å². The number of fused-ring (bicyclic) bond motifs is 3. The summed E-state index contributed by atoms with van der Waals surface area (Å²) in [5.74, 6) is -1.66. The van der Waals surface area contributed by atoms with Gasteiger partial charge in [-0.3, -0.25) is 24.0 Å². The lowest BCUT2D eigenvalue weighted by Gasteiger charge is -2.41. The molecule has 6 aliphatic rings. The summed E-state index contributed by atoms with van der Waals surface area (Å²) in [5, 5.41) is -0.552. The first-order chi connectivity index (χ1) is 24.3. The fourth-order valence-corrected chi connectivity index (χ4v) is 13.4. The number of ketones is 4. The molecular weight excluding hydrogens is 665 g/mol. The maximum absolute atomic E-state index is 14.6. The summed E-state index contributed by atoms with van der Waals surface area (Å²) >= 11 is 0. The average Bonchev–Trinajstić information content (AvgIpc) is 3.88. The molecule has 0 aromatic carbocycles. The summed E-state index contributed by atoms with van der Waals surface area (Å²) < 4.78 is 28.9. The molecule has 6 rings (SSSR count). The summed E-state index contributed by atoms with van der Waals surface area (Å²) in [6.07, 6.45) is 15.2. The Balaban J connectivity index is 1.22. The number of carbonyl (C=O) groups excluding carboxylic acids is 5. The van der Waals surface area contributed by atoms with Gasteiger partial charge in [-0.05, 0) is 73.5 Å². The van der Waals surface area contributed by atoms with Crippen LogP contribution in [0.2, 0.25) is 0 Å². The molecule has 0 N–H and O–H groups in total. The second kappa shape index (κ2) is 15.8. The molecule has 3 aliphatic carbocycles. The third-order valence-corrected chi connectivity index (χ3v) is 16.9. The van der Waals surface area contributed by atoms with Crippen LogP contribution in [0.15, 0.2) is 0 Å². The average molecular weight is 729 g/mol. The number of rotatable bonds is 10. The molecular formula is C41H64N2O7S. The predicted molar refractivity (Wildman–Crippen MR) is 196 cm³/mol. The van der Waals surface area contributed by atoms with Gasteiger partial charge in [-0.1, -0.05) is 85.0 Å². The Labute approximate surface area is 306 Å². The Morgan fingerprint density at radius 2 is 1.43 bits per heavy atom. The molecule has 3 aliphatic heterocycles. The summed E-state index contributed by atoms with van der Waals surface area (Å²) in [6, 6.07) is -0.634. The molecule has 6 atom stereocenters. The van der Waals surface area contributed by atoms with Gasteiger partial charge in [0.25, 0.3) is 0 Å². The van der Waals surface area contributed by atoms with E-state index in [1.165, 1.54) is 0 Å². The predicted octanol–water partition coefficient (Wildman–Crippen LogP) is 6.85. The topological polar surface area (TPSA) is 126 Å². The van der Waals surface area contributed by atoms with Crippen molar-refractivity contribution >= 4 is 39.1 Å². The highest BCUT2D eigenvalue weighted by Crippen LogP contribution is 2.65. The molecule has 3 saturated heterocycles. The van der Waals surface area contributed by atoms with Crippen molar-refractivity contribution in [2.45, 2.75) is 167 Å². The van der Waals surface area contributed by atoms with Crippen molar-refractivity contribution < 1.29 is 32.4 Å². The van der Waals surface area contributed by atoms with Crippen LogP contribution in [0, 0.1) is 40.4 Å². The molecule has 0 spiro atoms. The van der Waals surface area contributed by atoms with E-state index in [1.807, 2.05) is 6.92 Å². The minimum Gasteiger partial charge on any atom is -0.332 e. The Bertz CT molecular complexity index is 1450. The van der Waals surface area contributed by atoms with Gasteiger partial charge >= 0.3 is 0 Å². The van der Waals surface area contributed by atoms with Crippen LogP contribution in [0.4, 0.5) is 0 Å². The molecule has 3 saturated carbocycles. The number of carbonyl (C=O) groups is 5. The lowest BCUT2D eigenvalue weighted by molar-refractivity contribution is -0.146. The molecule has 0 aromatic rings. The number of Topliss-reactive ketones (excluding diaryl/α,β-unsaturated/α-hetero) is 4. The van der Waals surface area contributed by atoms with Gasteiger partial charge in [0.1, 0.15) is 5.78 Å². The van der Waals surface area contributed by atoms with E-state index in [1.54, 1.807) is 9.21 Å². The van der Waals surface area contributed by atoms with Crippen molar-refractivity contribution in [3.8, 4) is 0 Å². The molecule has 0 bridgehead atoms. The lowest BCUT2D eigenvalue weighted by Crippen LogP contribution is -2.49. The first-order valence-corrected chi connectivity index (χ1v) is 22.2. The van der Waals surface area contributed by atoms with E-state index in [-0.39, 0.29) is 66.2 Å². The number of piperidine rings is 1. The van der Waals surface area contributed by atoms with Gasteiger partial charge < -0.3 is 4.90 Å². The third kappa shape index (κ3) is 8.27. The summed E-state index contributed by atoms with van der Waals surface area (Å²) in [4.78, 5) is 71.4. The van der Waals surface area contributed by atoms with Gasteiger partial charge in [0, 0.05) is 57.2 Å². The van der Waals surface area contributed by atoms with Crippen LogP contribution in [0.1, 0.15) is 156 Å². The van der Waals surface area contributed by atoms with Crippen LogP contribution < -0.4 is 0 Å². The second-order valence-corrected chi connectivity index (χ2v) is 20.2. The van der Waals surface area contributed by atoms with Gasteiger partial charge in [-0.15, -0.1) is 0 Å². The minimum absolute atomic E-state index is 0.000254. The smallest absolute Gasteiger partial charge is 0.226 e. The Hall–Kier alpha value is -1.94. The molecule has 9 nitrogen and oxygen atoms in total. The van der Waals surface area contributed by atoms with E-state index in [2.05, 4.69) is 13.8 Å². The lowest BCUT2D eigenvalue weighted by atomic mass is 9.67. The van der Waals surface area contributed by atoms with Crippen molar-refractivity contribution in [3.63, 3.8) is 0 Å². The Kier molecular flexibility index (Phi) is 12.0. The van der Waals surface area contributed by atoms with Crippen molar-refractivity contribution in [1.29, 1.82) is 0 Å². The van der Waals surface area contributed by atoms with Crippen molar-refractivity contribution in [2.75, 3.05) is 19.6 Å². The Morgan fingerprint density at radius 1 is 0.804 bits per heavy atom. The quantitative estimate of drug-likeness (QED) is 0.225. The zero-order chi connectivity index (χ0) is 36.6. The fourth-order valence-electron chi connectivity index (χ4n) is 11.0. The zero-order valence-electron chi connectivity index (χ0n) is 31.7. The molecule has 0 radical (unpaired) electrons. The van der Waals surface area contributed by atoms with Gasteiger partial charge in [0.15, 0.2) is 11.6 Å². The summed E-state index contributed by atoms with van der Waals surface area (Å²) in [7, 11) is -3.49. The van der Waals surface area contributed by atoms with Gasteiger partial charge in [0.2, 0.25) is 21.7 Å². The van der Waals surface area contributed by atoms with Crippen LogP contribution in [0.25, 0.3) is 0 Å². The highest BCUT2D eigenvalue weighted by molar-refractivity contribution is 7.90. The highest BCUT2D eigenvalue weighted by Gasteiger charge is 2.69. The van der Waals surface area contributed by atoms with E-state index < -0.39 is 44.3 Å². The molecule has 286 valence electrons. The van der Waals surface area contributed by atoms with E-state index >= 15 is 0 Å². The molecule has 6 fully saturated rings. The van der Waals surface area contributed by atoms with E-state index in [0.717, 1.165) is 89.9 Å². The molecule has 3 heterocycles. The van der Waals surface area contributed by atoms with Crippen LogP contribution in [-0.4, -0.2) is 77.6 Å². The highest BCUT2D eigenvalue weighted by atomic mass is 32.2. The summed E-state index contributed by atoms with van der Waals surface area (Å²) in [6.45, 7) is 7.60. The normalized spacial score (nSPS) is 34.5. The monoisotopic (exact) mass is 728 g/mol. The first-order valence-electron chi connectivity index (χ1n) is 20.7. The van der Waals surface area contributed by atoms with Crippen LogP contribution in [-0.2, 0) is 34.0 Å². The number of sulfonamides is 1. The number of nitrogens with zero attached hydrogens (tertiary/aromatic N) is 2. The van der Waals surface area contributed by atoms with Crippen LogP contribution in [0.3, 0.4) is 0 Å². The Morgan fingerprint density at radius 3 is 2.06 bits per heavy atom. The number of hydrogen-bond acceptors (Lipinski definition) is 7. The third-order valence-electron chi connectivity index (χ3n) is 14.3. The minimum atomic E-state index is -3.49. The molecule has 0 aromatic heterocycles. The molecule has 1 amide bonds. The summed E-state index contributed by atoms with van der Waals surface area (Å²) in [5.41, 5.74) is -0.674. The van der Waals surface area contributed by atoms with E-state index in [0.29, 0.717) is 44.8 Å². The number of amides is 1. The standard InChI is InChI=1S/C41H64N2O7S/c1-4-42-22-19-35(51(42,49)50)41(20-13-10-14-21-41)26-31(44)24-30-16-12-9-7-5-6-8-11-15-29(38(47)34(46)23-28-17-18-28)25-33(45)37-36-32(40(36,2)3)27-43(37)39(30)48/h28-30,32,35-37H,4-27H2,1-3H3/t29-,30-,32+,35-,36+,37-/m1/s1. The number of hydrogen-bond donors (Lipinski definition) is 0. The van der Waals surface area contributed by atoms with Gasteiger partial charge in [0.05, 0.1) is 11.3 Å².